The predicted octanol–water partition coefficient (Wildman–Crippen LogP) is 2.37. The molecule has 0 N–H and O–H groups in total. The van der Waals surface area contributed by atoms with E-state index in [0.29, 0.717) is 5.56 Å². The Hall–Kier alpha value is -3.88. The number of carbonyl (C=O) groups is 3. The Bertz CT molecular complexity index is 1210. The third-order valence-electron chi connectivity index (χ3n) is 6.35. The first-order chi connectivity index (χ1) is 14.8. The summed E-state index contributed by atoms with van der Waals surface area (Å²) >= 11 is 0. The van der Waals surface area contributed by atoms with Crippen LogP contribution in [0.15, 0.2) is 47.6 Å². The minimum Gasteiger partial charge on any atom is -0.298 e. The van der Waals surface area contributed by atoms with Crippen molar-refractivity contribution >= 4 is 35.2 Å². The number of nitro benzene ring substituents is 1. The third-order valence-corrected chi connectivity index (χ3v) is 6.35. The van der Waals surface area contributed by atoms with Gasteiger partial charge in [0.25, 0.3) is 5.69 Å². The number of carbonyl (C=O) groups excluding carboxylic acids is 3. The molecule has 3 aliphatic rings. The molecule has 2 fully saturated rings. The Kier molecular flexibility index (Phi) is 4.04. The van der Waals surface area contributed by atoms with Gasteiger partial charge in [0, 0.05) is 12.1 Å². The molecule has 9 heteroatoms. The van der Waals surface area contributed by atoms with Crippen molar-refractivity contribution in [1.29, 1.82) is 0 Å². The van der Waals surface area contributed by atoms with Crippen LogP contribution >= 0.6 is 0 Å². The number of rotatable bonds is 3. The molecular formula is C22H18N4O5. The van der Waals surface area contributed by atoms with Gasteiger partial charge in [-0.05, 0) is 30.5 Å². The molecule has 0 radical (unpaired) electrons. The van der Waals surface area contributed by atoms with Crippen LogP contribution in [0.25, 0.3) is 0 Å². The zero-order valence-electron chi connectivity index (χ0n) is 16.8. The van der Waals surface area contributed by atoms with Gasteiger partial charge in [-0.25, -0.2) is 4.90 Å². The Morgan fingerprint density at radius 1 is 1.10 bits per heavy atom. The van der Waals surface area contributed by atoms with Crippen LogP contribution in [0.5, 0.6) is 0 Å². The van der Waals surface area contributed by atoms with Crippen molar-refractivity contribution in [2.75, 3.05) is 4.90 Å². The van der Waals surface area contributed by atoms with Crippen LogP contribution in [-0.4, -0.2) is 39.8 Å². The minimum atomic E-state index is -0.906. The number of anilines is 1. The number of aryl methyl sites for hydroxylation is 1. The maximum atomic E-state index is 13.6. The molecule has 0 bridgehead atoms. The number of ketones is 1. The maximum Gasteiger partial charge on any atom is 0.271 e. The predicted molar refractivity (Wildman–Crippen MR) is 110 cm³/mol. The van der Waals surface area contributed by atoms with Crippen LogP contribution in [0.3, 0.4) is 0 Å². The zero-order chi connectivity index (χ0) is 22.0. The maximum absolute atomic E-state index is 13.6. The number of benzene rings is 2. The average Bonchev–Trinajstić information content (AvgIpc) is 3.21. The van der Waals surface area contributed by atoms with Gasteiger partial charge >= 0.3 is 0 Å². The molecule has 0 aliphatic carbocycles. The van der Waals surface area contributed by atoms with Crippen LogP contribution in [0.4, 0.5) is 11.4 Å². The number of nitro groups is 1. The Morgan fingerprint density at radius 2 is 1.81 bits per heavy atom. The molecule has 9 nitrogen and oxygen atoms in total. The van der Waals surface area contributed by atoms with Gasteiger partial charge in [-0.3, -0.25) is 29.5 Å². The first-order valence-electron chi connectivity index (χ1n) is 9.86. The second-order valence-corrected chi connectivity index (χ2v) is 8.05. The summed E-state index contributed by atoms with van der Waals surface area (Å²) in [6.07, 6.45) is 1.64. The number of hydrazone groups is 1. The average molecular weight is 418 g/mol. The molecule has 2 aromatic carbocycles. The number of Topliss-reactive ketones (excluding diaryl/α,β-unsaturated/α-hetero) is 1. The van der Waals surface area contributed by atoms with E-state index < -0.39 is 40.7 Å². The fourth-order valence-electron chi connectivity index (χ4n) is 5.01. The molecule has 2 aromatic rings. The van der Waals surface area contributed by atoms with E-state index in [1.54, 1.807) is 18.1 Å². The van der Waals surface area contributed by atoms with Crippen molar-refractivity contribution in [2.24, 2.45) is 16.9 Å². The van der Waals surface area contributed by atoms with Gasteiger partial charge in [-0.2, -0.15) is 5.10 Å². The van der Waals surface area contributed by atoms with Crippen LogP contribution in [0.2, 0.25) is 0 Å². The first kappa shape index (κ1) is 19.1. The van der Waals surface area contributed by atoms with E-state index >= 15 is 0 Å². The van der Waals surface area contributed by atoms with E-state index in [-0.39, 0.29) is 17.2 Å². The first-order valence-corrected chi connectivity index (χ1v) is 9.86. The van der Waals surface area contributed by atoms with Crippen LogP contribution in [0.1, 0.15) is 29.7 Å². The van der Waals surface area contributed by atoms with Crippen LogP contribution < -0.4 is 4.90 Å². The van der Waals surface area contributed by atoms with E-state index in [1.807, 2.05) is 24.3 Å². The molecule has 3 heterocycles. The molecule has 2 amide bonds. The van der Waals surface area contributed by atoms with Crippen LogP contribution in [-0.2, 0) is 14.4 Å². The second kappa shape index (κ2) is 6.56. The Morgan fingerprint density at radius 3 is 2.52 bits per heavy atom. The lowest BCUT2D eigenvalue weighted by Gasteiger charge is -2.33. The standard InChI is InChI=1S/C22H18N4O5/c1-11-7-8-14(26(30)31)9-16(11)24-21(28)17-18(22(24)29)20-15-6-4-3-5-13(15)10-23-25(20)19(17)12(2)27/h3-10,17-20H,1-2H3/t17-,18+,19-,20-/m1/s1. The van der Waals surface area contributed by atoms with Crippen molar-refractivity contribution in [3.05, 3.63) is 69.3 Å². The summed E-state index contributed by atoms with van der Waals surface area (Å²) in [6.45, 7) is 3.07. The molecule has 3 aliphatic heterocycles. The number of fused-ring (bicyclic) bond motifs is 5. The number of non-ortho nitro benzene ring substituents is 1. The molecule has 31 heavy (non-hydrogen) atoms. The van der Waals surface area contributed by atoms with Crippen molar-refractivity contribution in [1.82, 2.24) is 5.01 Å². The van der Waals surface area contributed by atoms with Gasteiger partial charge in [0.15, 0.2) is 5.78 Å². The molecule has 0 saturated carbocycles. The van der Waals surface area contributed by atoms with Crippen LogP contribution in [0, 0.1) is 28.9 Å². The fourth-order valence-corrected chi connectivity index (χ4v) is 5.01. The third kappa shape index (κ3) is 2.56. The molecule has 156 valence electrons. The number of nitrogens with zero attached hydrogens (tertiary/aromatic N) is 4. The van der Waals surface area contributed by atoms with Gasteiger partial charge in [0.2, 0.25) is 11.8 Å². The van der Waals surface area contributed by atoms with E-state index in [9.17, 15) is 24.5 Å². The molecular weight excluding hydrogens is 400 g/mol. The smallest absolute Gasteiger partial charge is 0.271 e. The lowest BCUT2D eigenvalue weighted by Crippen LogP contribution is -2.44. The van der Waals surface area contributed by atoms with E-state index in [2.05, 4.69) is 5.10 Å². The summed E-state index contributed by atoms with van der Waals surface area (Å²) in [5, 5.41) is 17.2. The Balaban J connectivity index is 1.66. The summed E-state index contributed by atoms with van der Waals surface area (Å²) < 4.78 is 0. The van der Waals surface area contributed by atoms with Gasteiger partial charge < -0.3 is 0 Å². The lowest BCUT2D eigenvalue weighted by atomic mass is 9.84. The normalized spacial score (nSPS) is 26.0. The lowest BCUT2D eigenvalue weighted by molar-refractivity contribution is -0.384. The summed E-state index contributed by atoms with van der Waals surface area (Å²) in [5.74, 6) is -2.96. The summed E-state index contributed by atoms with van der Waals surface area (Å²) in [6, 6.07) is 10.1. The number of imide groups is 1. The summed E-state index contributed by atoms with van der Waals surface area (Å²) in [4.78, 5) is 51.4. The van der Waals surface area contributed by atoms with Crippen molar-refractivity contribution in [3.63, 3.8) is 0 Å². The highest BCUT2D eigenvalue weighted by Crippen LogP contribution is 2.53. The van der Waals surface area contributed by atoms with Gasteiger partial charge in [0.05, 0.1) is 34.7 Å². The van der Waals surface area contributed by atoms with E-state index in [1.165, 1.54) is 25.1 Å². The topological polar surface area (TPSA) is 113 Å². The second-order valence-electron chi connectivity index (χ2n) is 8.05. The zero-order valence-corrected chi connectivity index (χ0v) is 16.8. The SMILES string of the molecule is CC(=O)[C@@H]1[C@@H]2C(=O)N(c3cc([N+](=O)[O-])ccc3C)C(=O)[C@@H]2[C@H]2c3ccccc3C=NN12. The summed E-state index contributed by atoms with van der Waals surface area (Å²) in [5.41, 5.74) is 2.19. The van der Waals surface area contributed by atoms with Crippen molar-refractivity contribution < 1.29 is 19.3 Å². The highest BCUT2D eigenvalue weighted by Gasteiger charge is 2.64. The number of amides is 2. The molecule has 2 saturated heterocycles. The summed E-state index contributed by atoms with van der Waals surface area (Å²) in [7, 11) is 0. The monoisotopic (exact) mass is 418 g/mol. The number of hydrogen-bond acceptors (Lipinski definition) is 7. The van der Waals surface area contributed by atoms with Gasteiger partial charge in [-0.1, -0.05) is 30.3 Å². The fraction of sp³-hybridized carbons (Fsp3) is 0.273. The quantitative estimate of drug-likeness (QED) is 0.430. The number of hydrogen-bond donors (Lipinski definition) is 0. The van der Waals surface area contributed by atoms with E-state index in [0.717, 1.165) is 16.0 Å². The van der Waals surface area contributed by atoms with Gasteiger partial charge in [-0.15, -0.1) is 0 Å². The molecule has 0 unspecified atom stereocenters. The molecule has 5 rings (SSSR count). The Labute approximate surface area is 177 Å². The highest BCUT2D eigenvalue weighted by molar-refractivity contribution is 6.24. The van der Waals surface area contributed by atoms with E-state index in [4.69, 9.17) is 0 Å². The van der Waals surface area contributed by atoms with Crippen molar-refractivity contribution in [2.45, 2.75) is 25.9 Å². The molecule has 4 atom stereocenters. The highest BCUT2D eigenvalue weighted by atomic mass is 16.6. The van der Waals surface area contributed by atoms with Gasteiger partial charge in [0.1, 0.15) is 6.04 Å². The van der Waals surface area contributed by atoms with Crippen molar-refractivity contribution in [3.8, 4) is 0 Å². The minimum absolute atomic E-state index is 0.181. The largest absolute Gasteiger partial charge is 0.298 e. The molecule has 0 spiro atoms. The molecule has 0 aromatic heterocycles.